The molecule has 0 amide bonds. The molecule has 0 saturated carbocycles. The van der Waals surface area contributed by atoms with Gasteiger partial charge in [-0.25, -0.2) is 0 Å². The summed E-state index contributed by atoms with van der Waals surface area (Å²) in [4.78, 5) is 0. The van der Waals surface area contributed by atoms with Crippen molar-refractivity contribution < 1.29 is 111 Å². The third-order valence-corrected chi connectivity index (χ3v) is 0.421. The number of rotatable bonds is 2. The summed E-state index contributed by atoms with van der Waals surface area (Å²) in [5, 5.41) is 24.0. The van der Waals surface area contributed by atoms with Crippen LogP contribution in [0.4, 0.5) is 0 Å². The Bertz CT molecular complexity index is 45.2. The zero-order valence-corrected chi connectivity index (χ0v) is 22.2. The van der Waals surface area contributed by atoms with Gasteiger partial charge < -0.3 is 44.0 Å². The predicted molar refractivity (Wildman–Crippen MR) is 55.1 cm³/mol. The molecule has 0 spiro atoms. The van der Waals surface area contributed by atoms with Crippen molar-refractivity contribution in [3.05, 3.63) is 28.7 Å². The summed E-state index contributed by atoms with van der Waals surface area (Å²) in [6.45, 7) is 9.27. The van der Waals surface area contributed by atoms with E-state index >= 15 is 0 Å². The predicted octanol–water partition coefficient (Wildman–Crippen LogP) is 0.903. The minimum atomic E-state index is -0.954. The van der Waals surface area contributed by atoms with Gasteiger partial charge in [0.05, 0.1) is 13.2 Å². The molecule has 3 N–H and O–H groups in total. The van der Waals surface area contributed by atoms with Gasteiger partial charge in [0.1, 0.15) is 6.10 Å². The fourth-order valence-electron chi connectivity index (χ4n) is 0.0577. The normalized spacial score (nSPS) is 4.50. The molecule has 0 atom stereocenters. The van der Waals surface area contributed by atoms with Gasteiger partial charge in [0.25, 0.3) is 0 Å². The first-order valence-corrected chi connectivity index (χ1v) is 3.12. The Labute approximate surface area is 171 Å². The fourth-order valence-corrected chi connectivity index (χ4v) is 0.0577. The minimum Gasteiger partial charge on any atom is -0.394 e. The van der Waals surface area contributed by atoms with Gasteiger partial charge >= 0.3 is 0 Å². The van der Waals surface area contributed by atoms with Crippen LogP contribution in [0.1, 0.15) is 13.8 Å². The summed E-state index contributed by atoms with van der Waals surface area (Å²) in [6, 6.07) is 0. The Morgan fingerprint density at radius 3 is 0.938 bits per heavy atom. The average molecular weight is 821 g/mol. The van der Waals surface area contributed by atoms with Crippen LogP contribution in [0.2, 0.25) is 0 Å². The number of aliphatic hydroxyl groups is 3. The third kappa shape index (κ3) is 88.4. The Hall–Kier alpha value is 3.05. The number of hydrogen-bond acceptors (Lipinski definition) is 3. The Balaban J connectivity index is -0.00000000643. The van der Waals surface area contributed by atoms with E-state index in [9.17, 15) is 0 Å². The van der Waals surface area contributed by atoms with E-state index in [1.165, 1.54) is 0 Å². The van der Waals surface area contributed by atoms with Gasteiger partial charge in [-0.2, -0.15) is 13.8 Å². The summed E-state index contributed by atoms with van der Waals surface area (Å²) < 4.78 is 0. The molecule has 0 aromatic heterocycles. The van der Waals surface area contributed by atoms with Crippen molar-refractivity contribution in [3.63, 3.8) is 0 Å². The van der Waals surface area contributed by atoms with Crippen LogP contribution in [0.3, 0.4) is 0 Å². The topological polar surface area (TPSA) is 60.7 Å². The first-order valence-electron chi connectivity index (χ1n) is 3.12. The molecular weight excluding hydrogens is 797 g/mol. The van der Waals surface area contributed by atoms with Crippen molar-refractivity contribution in [2.45, 2.75) is 20.0 Å². The summed E-state index contributed by atoms with van der Waals surface area (Å²) in [5.41, 5.74) is 0. The molecule has 0 aliphatic carbocycles. The summed E-state index contributed by atoms with van der Waals surface area (Å²) in [5.74, 6) is 0. The van der Waals surface area contributed by atoms with E-state index in [4.69, 9.17) is 15.3 Å². The van der Waals surface area contributed by atoms with Crippen molar-refractivity contribution >= 4 is 0 Å². The van der Waals surface area contributed by atoms with E-state index in [1.54, 1.807) is 13.8 Å². The van der Waals surface area contributed by atoms with Crippen LogP contribution in [-0.2, 0) is 95.9 Å². The maximum Gasteiger partial charge on any atom is 0.100 e. The van der Waals surface area contributed by atoms with E-state index in [0.717, 1.165) is 0 Å². The quantitative estimate of drug-likeness (QED) is 0.364. The van der Waals surface area contributed by atoms with Gasteiger partial charge in [-0.3, -0.25) is 0 Å². The largest absolute Gasteiger partial charge is 0.394 e. The van der Waals surface area contributed by atoms with Gasteiger partial charge in [0.15, 0.2) is 0 Å². The van der Waals surface area contributed by atoms with Crippen LogP contribution in [0, 0.1) is 28.7 Å². The molecule has 1 radical (unpaired) electrons. The average Bonchev–Trinajstić information content (AvgIpc) is 2.10. The van der Waals surface area contributed by atoms with Crippen LogP contribution in [0.25, 0.3) is 0 Å². The zero-order chi connectivity index (χ0) is 8.99. The molecule has 0 aromatic rings. The smallest absolute Gasteiger partial charge is 0.100 e. The second-order valence-electron chi connectivity index (χ2n) is 1.02. The van der Waals surface area contributed by atoms with Crippen LogP contribution < -0.4 is 0 Å². The van der Waals surface area contributed by atoms with Crippen LogP contribution >= 0.6 is 0 Å². The Kier molecular flexibility index (Phi) is 311. The van der Waals surface area contributed by atoms with Crippen molar-refractivity contribution in [2.24, 2.45) is 0 Å². The second kappa shape index (κ2) is 81.0. The summed E-state index contributed by atoms with van der Waals surface area (Å²) in [7, 11) is 0. The molecule has 0 aliphatic rings. The molecule has 0 bridgehead atoms. The Morgan fingerprint density at radius 2 is 0.938 bits per heavy atom. The van der Waals surface area contributed by atoms with Crippen LogP contribution in [0.15, 0.2) is 0 Å². The van der Waals surface area contributed by atoms with E-state index < -0.39 is 6.10 Å². The van der Waals surface area contributed by atoms with Crippen molar-refractivity contribution in [2.75, 3.05) is 13.2 Å². The number of hydrogen-bond donors (Lipinski definition) is 3. The SMILES string of the molecule is OCC(O)CO.[CH2-]C.[CH2-]C.[CH3-].[CH3-].[W].[W].[W].[Y]. The van der Waals surface area contributed by atoms with Gasteiger partial charge in [-0.15, -0.1) is 0 Å². The third-order valence-electron chi connectivity index (χ3n) is 0.421. The van der Waals surface area contributed by atoms with Crippen molar-refractivity contribution in [1.29, 1.82) is 0 Å². The summed E-state index contributed by atoms with van der Waals surface area (Å²) >= 11 is 0. The van der Waals surface area contributed by atoms with E-state index in [1.807, 2.05) is 0 Å². The fraction of sp³-hybridized carbons (Fsp3) is 0.556. The zero-order valence-electron chi connectivity index (χ0n) is 10.5. The van der Waals surface area contributed by atoms with Gasteiger partial charge in [0, 0.05) is 95.9 Å². The maximum absolute atomic E-state index is 8.17. The molecule has 0 unspecified atom stereocenters. The van der Waals surface area contributed by atoms with Crippen molar-refractivity contribution in [1.82, 2.24) is 0 Å². The van der Waals surface area contributed by atoms with E-state index in [-0.39, 0.29) is 124 Å². The molecule has 0 aromatic carbocycles. The van der Waals surface area contributed by atoms with Gasteiger partial charge in [-0.1, -0.05) is 0 Å². The van der Waals surface area contributed by atoms with Gasteiger partial charge in [0.2, 0.25) is 0 Å². The number of aliphatic hydroxyl groups excluding tert-OH is 3. The molecule has 0 saturated heterocycles. The standard InChI is InChI=1S/C3H8O3.2C2H5.2CH3.3W.Y/c4-1-3(6)2-5;2*1-2;;;;;;/h3-6H,1-2H2;2*1H2,2H3;2*1H3;;;;/q;4*-1;;;;. The van der Waals surface area contributed by atoms with E-state index in [2.05, 4.69) is 13.8 Å². The molecule has 0 fully saturated rings. The molecule has 103 valence electrons. The first-order chi connectivity index (χ1) is 4.81. The second-order valence-corrected chi connectivity index (χ2v) is 1.02. The Morgan fingerprint density at radius 1 is 0.812 bits per heavy atom. The van der Waals surface area contributed by atoms with Crippen molar-refractivity contribution in [3.8, 4) is 0 Å². The molecule has 0 rings (SSSR count). The van der Waals surface area contributed by atoms with E-state index in [0.29, 0.717) is 0 Å². The maximum atomic E-state index is 8.17. The molecule has 7 heteroatoms. The minimum absolute atomic E-state index is 0. The van der Waals surface area contributed by atoms with Crippen LogP contribution in [0.5, 0.6) is 0 Å². The molecule has 0 heterocycles. The molecular formula is C9H24O3W3Y-4. The summed E-state index contributed by atoms with van der Waals surface area (Å²) in [6.07, 6.45) is -0.954. The molecule has 16 heavy (non-hydrogen) atoms. The van der Waals surface area contributed by atoms with Crippen LogP contribution in [-0.4, -0.2) is 34.6 Å². The molecule has 3 nitrogen and oxygen atoms in total. The molecule has 0 aliphatic heterocycles. The monoisotopic (exact) mass is 821 g/mol. The van der Waals surface area contributed by atoms with Gasteiger partial charge in [-0.05, 0) is 0 Å². The first kappa shape index (κ1) is 61.5.